The number of rotatable bonds is 5. The minimum Gasteiger partial charge on any atom is -0.481 e. The third-order valence-corrected chi connectivity index (χ3v) is 2.59. The number of carbonyl (C=O) groups is 1. The molecule has 0 saturated carbocycles. The van der Waals surface area contributed by atoms with E-state index in [2.05, 4.69) is 0 Å². The van der Waals surface area contributed by atoms with Crippen LogP contribution in [0.4, 0.5) is 0 Å². The van der Waals surface area contributed by atoms with Crippen molar-refractivity contribution in [3.05, 3.63) is 0 Å². The van der Waals surface area contributed by atoms with Crippen molar-refractivity contribution in [2.45, 2.75) is 50.3 Å². The highest BCUT2D eigenvalue weighted by molar-refractivity contribution is 6.24. The molecular weight excluding hydrogens is 223 g/mol. The van der Waals surface area contributed by atoms with Gasteiger partial charge in [-0.15, -0.1) is 23.2 Å². The molecule has 4 heteroatoms. The van der Waals surface area contributed by atoms with Crippen molar-refractivity contribution in [3.63, 3.8) is 0 Å². The van der Waals surface area contributed by atoms with E-state index in [9.17, 15) is 4.79 Å². The van der Waals surface area contributed by atoms with E-state index in [1.807, 2.05) is 27.7 Å². The van der Waals surface area contributed by atoms with Crippen LogP contribution in [-0.4, -0.2) is 20.8 Å². The van der Waals surface area contributed by atoms with Gasteiger partial charge in [0.05, 0.1) is 0 Å². The number of halogens is 2. The van der Waals surface area contributed by atoms with Crippen molar-refractivity contribution in [1.29, 1.82) is 0 Å². The Morgan fingerprint density at radius 2 is 1.71 bits per heavy atom. The summed E-state index contributed by atoms with van der Waals surface area (Å²) in [5.41, 5.74) is 0. The zero-order valence-corrected chi connectivity index (χ0v) is 10.6. The molecule has 0 heterocycles. The van der Waals surface area contributed by atoms with Gasteiger partial charge in [0.25, 0.3) is 0 Å². The summed E-state index contributed by atoms with van der Waals surface area (Å²) in [5, 5.41) is 8.74. The van der Waals surface area contributed by atoms with Crippen LogP contribution in [0.3, 0.4) is 0 Å². The molecule has 0 amide bonds. The second-order valence-corrected chi connectivity index (χ2v) is 6.78. The molecule has 0 aliphatic carbocycles. The van der Waals surface area contributed by atoms with Crippen molar-refractivity contribution < 1.29 is 9.90 Å². The van der Waals surface area contributed by atoms with Gasteiger partial charge in [-0.1, -0.05) is 0 Å². The Balaban J connectivity index is 4.50. The molecule has 0 rings (SSSR count). The summed E-state index contributed by atoms with van der Waals surface area (Å²) in [7, 11) is 0. The molecule has 2 nitrogen and oxygen atoms in total. The Labute approximate surface area is 95.6 Å². The third-order valence-electron chi connectivity index (χ3n) is 2.12. The molecule has 0 aromatic heterocycles. The highest BCUT2D eigenvalue weighted by Crippen LogP contribution is 2.36. The summed E-state index contributed by atoms with van der Waals surface area (Å²) in [6.45, 7) is 7.38. The summed E-state index contributed by atoms with van der Waals surface area (Å²) >= 11 is 12.2. The molecule has 0 aliphatic heterocycles. The Hall–Kier alpha value is 0.0500. The van der Waals surface area contributed by atoms with Gasteiger partial charge in [-0.25, -0.2) is 0 Å². The molecule has 0 aliphatic rings. The van der Waals surface area contributed by atoms with Crippen LogP contribution in [0.2, 0.25) is 0 Å². The van der Waals surface area contributed by atoms with E-state index in [4.69, 9.17) is 28.3 Å². The molecule has 0 saturated heterocycles. The highest BCUT2D eigenvalue weighted by Gasteiger charge is 2.33. The average molecular weight is 241 g/mol. The fraction of sp³-hybridized carbons (Fsp3) is 0.900. The fourth-order valence-electron chi connectivity index (χ4n) is 1.35. The number of hydrogen-bond acceptors (Lipinski definition) is 1. The van der Waals surface area contributed by atoms with Crippen molar-refractivity contribution >= 4 is 29.2 Å². The van der Waals surface area contributed by atoms with Gasteiger partial charge < -0.3 is 5.11 Å². The number of carboxylic acids is 1. The van der Waals surface area contributed by atoms with Crippen LogP contribution < -0.4 is 0 Å². The summed E-state index contributed by atoms with van der Waals surface area (Å²) in [5.74, 6) is -0.946. The molecule has 1 atom stereocenters. The third kappa shape index (κ3) is 6.50. The van der Waals surface area contributed by atoms with Crippen LogP contribution >= 0.6 is 23.2 Å². The first-order valence-electron chi connectivity index (χ1n) is 4.62. The summed E-state index contributed by atoms with van der Waals surface area (Å²) < 4.78 is 0. The standard InChI is InChI=1S/C10H18Cl2O2/c1-9(2,11)6-7(5-8(13)14)10(3,4)12/h7H,5-6H2,1-4H3,(H,13,14). The highest BCUT2D eigenvalue weighted by atomic mass is 35.5. The molecule has 14 heavy (non-hydrogen) atoms. The summed E-state index contributed by atoms with van der Waals surface area (Å²) in [4.78, 5) is 9.69. The van der Waals surface area contributed by atoms with Gasteiger partial charge >= 0.3 is 5.97 Å². The lowest BCUT2D eigenvalue weighted by molar-refractivity contribution is -0.138. The van der Waals surface area contributed by atoms with Crippen LogP contribution in [-0.2, 0) is 4.79 Å². The molecule has 0 spiro atoms. The Morgan fingerprint density at radius 3 is 1.93 bits per heavy atom. The van der Waals surface area contributed by atoms with Crippen molar-refractivity contribution in [1.82, 2.24) is 0 Å². The number of hydrogen-bond donors (Lipinski definition) is 1. The predicted octanol–water partition coefficient (Wildman–Crippen LogP) is 3.50. The molecule has 0 radical (unpaired) electrons. The van der Waals surface area contributed by atoms with Crippen LogP contribution in [0.5, 0.6) is 0 Å². The zero-order valence-electron chi connectivity index (χ0n) is 9.10. The van der Waals surface area contributed by atoms with Gasteiger partial charge in [0.2, 0.25) is 0 Å². The summed E-state index contributed by atoms with van der Waals surface area (Å²) in [6.07, 6.45) is 0.657. The maximum atomic E-state index is 10.6. The first-order valence-corrected chi connectivity index (χ1v) is 5.37. The maximum Gasteiger partial charge on any atom is 0.303 e. The largest absolute Gasteiger partial charge is 0.481 e. The number of carboxylic acid groups (broad SMARTS) is 1. The normalized spacial score (nSPS) is 15.3. The Morgan fingerprint density at radius 1 is 1.29 bits per heavy atom. The molecule has 0 bridgehead atoms. The van der Waals surface area contributed by atoms with Crippen molar-refractivity contribution in [2.75, 3.05) is 0 Å². The van der Waals surface area contributed by atoms with Crippen LogP contribution in [0, 0.1) is 5.92 Å². The van der Waals surface area contributed by atoms with E-state index in [0.29, 0.717) is 6.42 Å². The topological polar surface area (TPSA) is 37.3 Å². The quantitative estimate of drug-likeness (QED) is 0.748. The van der Waals surface area contributed by atoms with E-state index in [0.717, 1.165) is 0 Å². The van der Waals surface area contributed by atoms with Gasteiger partial charge in [-0.05, 0) is 40.0 Å². The first kappa shape index (κ1) is 14.1. The molecule has 84 valence electrons. The maximum absolute atomic E-state index is 10.6. The second-order valence-electron chi connectivity index (χ2n) is 4.78. The Kier molecular flexibility index (Phi) is 4.73. The average Bonchev–Trinajstić information content (AvgIpc) is 1.78. The van der Waals surface area contributed by atoms with E-state index in [1.54, 1.807) is 0 Å². The molecule has 0 fully saturated rings. The van der Waals surface area contributed by atoms with E-state index in [-0.39, 0.29) is 12.3 Å². The molecule has 0 aromatic carbocycles. The molecule has 0 aromatic rings. The lowest BCUT2D eigenvalue weighted by atomic mass is 9.84. The SMILES string of the molecule is CC(C)(Cl)CC(CC(=O)O)C(C)(C)Cl. The molecule has 1 unspecified atom stereocenters. The van der Waals surface area contributed by atoms with Gasteiger partial charge in [0, 0.05) is 16.2 Å². The van der Waals surface area contributed by atoms with E-state index < -0.39 is 15.7 Å². The van der Waals surface area contributed by atoms with Crippen LogP contribution in [0.25, 0.3) is 0 Å². The van der Waals surface area contributed by atoms with Gasteiger partial charge in [0.1, 0.15) is 0 Å². The zero-order chi connectivity index (χ0) is 11.6. The van der Waals surface area contributed by atoms with Crippen molar-refractivity contribution in [2.24, 2.45) is 5.92 Å². The molecule has 1 N–H and O–H groups in total. The molecular formula is C10H18Cl2O2. The minimum atomic E-state index is -0.829. The smallest absolute Gasteiger partial charge is 0.303 e. The fourth-order valence-corrected chi connectivity index (χ4v) is 1.69. The van der Waals surface area contributed by atoms with Gasteiger partial charge in [-0.3, -0.25) is 4.79 Å². The Bertz CT molecular complexity index is 201. The van der Waals surface area contributed by atoms with Gasteiger partial charge in [0.15, 0.2) is 0 Å². The minimum absolute atomic E-state index is 0.0622. The number of alkyl halides is 2. The number of aliphatic carboxylic acids is 1. The lowest BCUT2D eigenvalue weighted by Gasteiger charge is -2.31. The monoisotopic (exact) mass is 240 g/mol. The summed E-state index contributed by atoms with van der Waals surface area (Å²) in [6, 6.07) is 0. The lowest BCUT2D eigenvalue weighted by Crippen LogP contribution is -2.32. The van der Waals surface area contributed by atoms with E-state index >= 15 is 0 Å². The second kappa shape index (κ2) is 4.71. The van der Waals surface area contributed by atoms with Crippen molar-refractivity contribution in [3.8, 4) is 0 Å². The van der Waals surface area contributed by atoms with Crippen LogP contribution in [0.15, 0.2) is 0 Å². The first-order chi connectivity index (χ1) is 6.02. The predicted molar refractivity (Wildman–Crippen MR) is 60.2 cm³/mol. The van der Waals surface area contributed by atoms with E-state index in [1.165, 1.54) is 0 Å². The van der Waals surface area contributed by atoms with Gasteiger partial charge in [-0.2, -0.15) is 0 Å². The van der Waals surface area contributed by atoms with Crippen LogP contribution in [0.1, 0.15) is 40.5 Å².